The number of hydrogen-bond acceptors (Lipinski definition) is 3. The summed E-state index contributed by atoms with van der Waals surface area (Å²) in [5.74, 6) is 0.104. The molecule has 0 bridgehead atoms. The molecule has 0 aliphatic carbocycles. The van der Waals surface area contributed by atoms with Gasteiger partial charge in [0.2, 0.25) is 0 Å². The number of aryl methyl sites for hydroxylation is 1. The van der Waals surface area contributed by atoms with Gasteiger partial charge in [0.25, 0.3) is 0 Å². The molecule has 0 fully saturated rings. The van der Waals surface area contributed by atoms with Crippen molar-refractivity contribution in [3.63, 3.8) is 0 Å². The van der Waals surface area contributed by atoms with Crippen molar-refractivity contribution in [2.45, 2.75) is 68.1 Å². The van der Waals surface area contributed by atoms with Gasteiger partial charge in [-0.05, 0) is 33.8 Å². The maximum Gasteiger partial charge on any atom is 0.164 e. The summed E-state index contributed by atoms with van der Waals surface area (Å²) in [5, 5.41) is 12.2. The molecule has 247 valence electrons. The maximum atomic E-state index is 11.5. The van der Waals surface area contributed by atoms with Crippen LogP contribution in [0.5, 0.6) is 0 Å². The number of benzene rings is 4. The monoisotopic (exact) mass is 819 g/mol. The minimum atomic E-state index is -1.54. The van der Waals surface area contributed by atoms with Crippen molar-refractivity contribution >= 4 is 29.9 Å². The van der Waals surface area contributed by atoms with Gasteiger partial charge < -0.3 is 5.11 Å². The summed E-state index contributed by atoms with van der Waals surface area (Å²) in [7, 11) is -1.54. The molecule has 0 saturated carbocycles. The molecular formula is C42H48IrNO2Si-. The predicted molar refractivity (Wildman–Crippen MR) is 199 cm³/mol. The van der Waals surface area contributed by atoms with Gasteiger partial charge in [0.15, 0.2) is 5.78 Å². The Morgan fingerprint density at radius 2 is 1.32 bits per heavy atom. The van der Waals surface area contributed by atoms with Gasteiger partial charge >= 0.3 is 0 Å². The van der Waals surface area contributed by atoms with E-state index in [2.05, 4.69) is 130 Å². The van der Waals surface area contributed by atoms with E-state index in [4.69, 9.17) is 4.98 Å². The molecule has 5 heteroatoms. The van der Waals surface area contributed by atoms with Crippen LogP contribution in [0.1, 0.15) is 47.1 Å². The summed E-state index contributed by atoms with van der Waals surface area (Å²) >= 11 is 0. The molecular weight excluding hydrogens is 771 g/mol. The Morgan fingerprint density at radius 3 is 1.85 bits per heavy atom. The van der Waals surface area contributed by atoms with Crippen LogP contribution in [-0.2, 0) is 24.9 Å². The van der Waals surface area contributed by atoms with Crippen molar-refractivity contribution in [1.29, 1.82) is 0 Å². The predicted octanol–water partition coefficient (Wildman–Crippen LogP) is 11.0. The largest absolute Gasteiger partial charge is 0.512 e. The topological polar surface area (TPSA) is 50.2 Å². The number of aliphatic hydroxyl groups excluding tert-OH is 1. The van der Waals surface area contributed by atoms with Crippen molar-refractivity contribution in [2.24, 2.45) is 10.8 Å². The van der Waals surface area contributed by atoms with Crippen LogP contribution >= 0.6 is 0 Å². The molecule has 0 aliphatic heterocycles. The van der Waals surface area contributed by atoms with Crippen molar-refractivity contribution < 1.29 is 30.0 Å². The van der Waals surface area contributed by atoms with E-state index >= 15 is 0 Å². The van der Waals surface area contributed by atoms with Crippen LogP contribution in [0.25, 0.3) is 44.4 Å². The molecule has 5 aromatic rings. The molecule has 1 radical (unpaired) electrons. The van der Waals surface area contributed by atoms with E-state index in [1.807, 2.05) is 41.5 Å². The number of aliphatic hydroxyl groups is 1. The third-order valence-electron chi connectivity index (χ3n) is 7.88. The summed E-state index contributed by atoms with van der Waals surface area (Å²) in [6.45, 7) is 20.5. The second kappa shape index (κ2) is 15.1. The van der Waals surface area contributed by atoms with E-state index in [0.29, 0.717) is 0 Å². The molecule has 5 rings (SSSR count). The second-order valence-corrected chi connectivity index (χ2v) is 20.2. The zero-order valence-electron chi connectivity index (χ0n) is 29.5. The zero-order valence-corrected chi connectivity index (χ0v) is 32.8. The van der Waals surface area contributed by atoms with Gasteiger partial charge in [-0.25, -0.2) is 0 Å². The first-order valence-corrected chi connectivity index (χ1v) is 19.5. The van der Waals surface area contributed by atoms with Crippen molar-refractivity contribution in [3.8, 4) is 33.5 Å². The van der Waals surface area contributed by atoms with Gasteiger partial charge in [-0.15, -0.1) is 34.9 Å². The fourth-order valence-electron chi connectivity index (χ4n) is 5.01. The number of ketones is 1. The Balaban J connectivity index is 0.000000367. The molecule has 0 atom stereocenters. The standard InChI is InChI=1S/C31H28NSi.C11H20O2.Ir/c1-22-17-26(23-11-7-5-8-12-23)19-27(18-22)29-16-15-25-20-31(33(2,3)4)28(21-30(25)32-29)24-13-9-6-10-14-24;1-10(2,3)8(12)7-9(13)11(4,5)6;/h5-17,19-21H,1-4H3;7,12H,1-6H3;/q-1;;/b;8-7-;. The minimum Gasteiger partial charge on any atom is -0.512 e. The molecule has 0 aliphatic rings. The fourth-order valence-corrected chi connectivity index (χ4v) is 6.62. The number of carbonyl (C=O) groups excluding carboxylic acids is 1. The summed E-state index contributed by atoms with van der Waals surface area (Å²) in [6, 6.07) is 38.1. The molecule has 4 aromatic carbocycles. The fraction of sp³-hybridized carbons (Fsp3) is 0.286. The first-order chi connectivity index (χ1) is 21.4. The number of fused-ring (bicyclic) bond motifs is 1. The summed E-state index contributed by atoms with van der Waals surface area (Å²) in [5.41, 5.74) is 8.36. The van der Waals surface area contributed by atoms with Gasteiger partial charge in [0.05, 0.1) is 13.6 Å². The van der Waals surface area contributed by atoms with Crippen LogP contribution in [0.15, 0.2) is 109 Å². The molecule has 1 heterocycles. The smallest absolute Gasteiger partial charge is 0.164 e. The average Bonchev–Trinajstić information content (AvgIpc) is 2.99. The third kappa shape index (κ3) is 9.93. The number of hydrogen-bond donors (Lipinski definition) is 1. The van der Waals surface area contributed by atoms with Crippen LogP contribution < -0.4 is 5.19 Å². The Morgan fingerprint density at radius 1 is 0.745 bits per heavy atom. The van der Waals surface area contributed by atoms with Crippen LogP contribution in [0.3, 0.4) is 0 Å². The maximum absolute atomic E-state index is 11.5. The molecule has 1 N–H and O–H groups in total. The van der Waals surface area contributed by atoms with E-state index in [1.54, 1.807) is 0 Å². The van der Waals surface area contributed by atoms with E-state index in [-0.39, 0.29) is 37.1 Å². The molecule has 0 unspecified atom stereocenters. The van der Waals surface area contributed by atoms with Gasteiger partial charge in [-0.1, -0.05) is 152 Å². The Kier molecular flexibility index (Phi) is 12.1. The summed E-state index contributed by atoms with van der Waals surface area (Å²) in [6.07, 6.45) is 1.33. The van der Waals surface area contributed by atoms with Crippen molar-refractivity contribution in [3.05, 3.63) is 121 Å². The zero-order chi connectivity index (χ0) is 33.9. The summed E-state index contributed by atoms with van der Waals surface area (Å²) < 4.78 is 0. The number of pyridine rings is 1. The van der Waals surface area contributed by atoms with E-state index < -0.39 is 13.5 Å². The first kappa shape index (κ1) is 37.8. The van der Waals surface area contributed by atoms with Crippen LogP contribution in [-0.4, -0.2) is 23.9 Å². The minimum absolute atomic E-state index is 0. The van der Waals surface area contributed by atoms with Crippen molar-refractivity contribution in [2.75, 3.05) is 0 Å². The van der Waals surface area contributed by atoms with Gasteiger partial charge in [0, 0.05) is 37.0 Å². The quantitative estimate of drug-likeness (QED) is 0.0832. The molecule has 47 heavy (non-hydrogen) atoms. The Labute approximate surface area is 296 Å². The number of rotatable bonds is 5. The molecule has 0 saturated heterocycles. The van der Waals surface area contributed by atoms with Crippen molar-refractivity contribution in [1.82, 2.24) is 4.98 Å². The molecule has 3 nitrogen and oxygen atoms in total. The number of aromatic nitrogens is 1. The SMILES string of the molecule is CC(C)(C)C(=O)/C=C(\O)C(C)(C)C.Cc1[c-]c(-c2ccc3cc([Si](C)(C)C)c(-c4ccccc4)cc3n2)cc(-c2ccccc2)c1.[Ir]. The molecule has 0 amide bonds. The van der Waals surface area contributed by atoms with Gasteiger partial charge in [0.1, 0.15) is 5.76 Å². The Bertz CT molecular complexity index is 1860. The van der Waals surface area contributed by atoms with E-state index in [0.717, 1.165) is 22.3 Å². The molecule has 0 spiro atoms. The molecule has 1 aromatic heterocycles. The van der Waals surface area contributed by atoms with Gasteiger partial charge in [-0.2, -0.15) is 0 Å². The average molecular weight is 819 g/mol. The second-order valence-electron chi connectivity index (χ2n) is 15.1. The number of carbonyl (C=O) groups is 1. The first-order valence-electron chi connectivity index (χ1n) is 16.0. The van der Waals surface area contributed by atoms with Crippen LogP contribution in [0, 0.1) is 23.8 Å². The summed E-state index contributed by atoms with van der Waals surface area (Å²) in [4.78, 5) is 16.6. The van der Waals surface area contributed by atoms with Crippen LogP contribution in [0.2, 0.25) is 19.6 Å². The van der Waals surface area contributed by atoms with Crippen LogP contribution in [0.4, 0.5) is 0 Å². The number of allylic oxidation sites excluding steroid dienone is 2. The normalized spacial score (nSPS) is 12.2. The number of nitrogens with zero attached hydrogens (tertiary/aromatic N) is 1. The van der Waals surface area contributed by atoms with Gasteiger partial charge in [-0.3, -0.25) is 9.78 Å². The van der Waals surface area contributed by atoms with E-state index in [9.17, 15) is 9.90 Å². The third-order valence-corrected chi connectivity index (χ3v) is 9.91. The Hall–Kier alpha value is -3.63. The van der Waals surface area contributed by atoms with E-state index in [1.165, 1.54) is 38.9 Å².